The Bertz CT molecular complexity index is 982. The van der Waals surface area contributed by atoms with Crippen LogP contribution in [0.4, 0.5) is 5.13 Å². The Labute approximate surface area is 177 Å². The second-order valence-corrected chi connectivity index (χ2v) is 8.82. The van der Waals surface area contributed by atoms with Crippen molar-refractivity contribution in [2.45, 2.75) is 37.8 Å². The molecule has 1 amide bonds. The van der Waals surface area contributed by atoms with E-state index in [9.17, 15) is 4.79 Å². The van der Waals surface area contributed by atoms with E-state index in [2.05, 4.69) is 20.5 Å². The molecule has 0 aliphatic heterocycles. The molecular weight excluding hydrogens is 410 g/mol. The maximum Gasteiger partial charge on any atom is 0.239 e. The number of aromatic nitrogens is 4. The second-order valence-electron chi connectivity index (χ2n) is 6.31. The number of carbonyl (C=O) groups is 1. The molecule has 10 heteroatoms. The molecule has 1 atom stereocenters. The lowest BCUT2D eigenvalue weighted by molar-refractivity contribution is -0.115. The molecule has 29 heavy (non-hydrogen) atoms. The standard InChI is InChI=1S/C19H23N5O3S2/c1-11-12(2)28-18(20-11)21-17(25)13(3)29-19-23-22-16(24(19)4)10-27-15-9-7-6-8-14(15)26-5/h6-9,13H,10H2,1-5H3,(H,20,21,25)/t13-/m1/s1. The molecule has 0 radical (unpaired) electrons. The van der Waals surface area contributed by atoms with E-state index in [4.69, 9.17) is 9.47 Å². The van der Waals surface area contributed by atoms with Gasteiger partial charge in [0.05, 0.1) is 18.1 Å². The van der Waals surface area contributed by atoms with Crippen molar-refractivity contribution in [1.82, 2.24) is 19.7 Å². The van der Waals surface area contributed by atoms with Crippen molar-refractivity contribution < 1.29 is 14.3 Å². The number of carbonyl (C=O) groups excluding carboxylic acids is 1. The van der Waals surface area contributed by atoms with Crippen LogP contribution in [0.15, 0.2) is 29.4 Å². The lowest BCUT2D eigenvalue weighted by Crippen LogP contribution is -2.22. The molecule has 8 nitrogen and oxygen atoms in total. The van der Waals surface area contributed by atoms with Gasteiger partial charge in [-0.25, -0.2) is 4.98 Å². The Morgan fingerprint density at radius 1 is 1.28 bits per heavy atom. The average molecular weight is 434 g/mol. The quantitative estimate of drug-likeness (QED) is 0.543. The number of rotatable bonds is 8. The summed E-state index contributed by atoms with van der Waals surface area (Å²) in [7, 11) is 3.45. The minimum absolute atomic E-state index is 0.126. The van der Waals surface area contributed by atoms with Crippen LogP contribution in [0.1, 0.15) is 23.3 Å². The first-order valence-electron chi connectivity index (χ1n) is 8.94. The van der Waals surface area contributed by atoms with Crippen molar-refractivity contribution in [2.75, 3.05) is 12.4 Å². The lowest BCUT2D eigenvalue weighted by Gasteiger charge is -2.11. The molecule has 3 rings (SSSR count). The van der Waals surface area contributed by atoms with E-state index in [1.807, 2.05) is 56.7 Å². The van der Waals surface area contributed by atoms with Gasteiger partial charge in [0.15, 0.2) is 27.6 Å². The third kappa shape index (κ3) is 5.07. The summed E-state index contributed by atoms with van der Waals surface area (Å²) in [5, 5.41) is 12.1. The molecule has 154 valence electrons. The first-order valence-corrected chi connectivity index (χ1v) is 10.6. The molecule has 0 bridgehead atoms. The number of hydrogen-bond donors (Lipinski definition) is 1. The number of para-hydroxylation sites is 2. The van der Waals surface area contributed by atoms with Gasteiger partial charge < -0.3 is 19.4 Å². The summed E-state index contributed by atoms with van der Waals surface area (Å²) in [6.07, 6.45) is 0. The van der Waals surface area contributed by atoms with Crippen LogP contribution < -0.4 is 14.8 Å². The minimum atomic E-state index is -0.356. The van der Waals surface area contributed by atoms with E-state index < -0.39 is 0 Å². The summed E-state index contributed by atoms with van der Waals surface area (Å²) in [5.41, 5.74) is 0.929. The number of methoxy groups -OCH3 is 1. The molecule has 0 fully saturated rings. The summed E-state index contributed by atoms with van der Waals surface area (Å²) in [6, 6.07) is 7.42. The van der Waals surface area contributed by atoms with E-state index in [0.29, 0.717) is 27.6 Å². The van der Waals surface area contributed by atoms with E-state index in [0.717, 1.165) is 10.6 Å². The fourth-order valence-corrected chi connectivity index (χ4v) is 4.05. The van der Waals surface area contributed by atoms with Crippen molar-refractivity contribution in [3.63, 3.8) is 0 Å². The Kier molecular flexibility index (Phi) is 6.75. The van der Waals surface area contributed by atoms with Gasteiger partial charge in [0, 0.05) is 11.9 Å². The number of benzene rings is 1. The number of thioether (sulfide) groups is 1. The zero-order valence-electron chi connectivity index (χ0n) is 16.9. The summed E-state index contributed by atoms with van der Waals surface area (Å²) in [5.74, 6) is 1.81. The molecule has 2 aromatic heterocycles. The van der Waals surface area contributed by atoms with Gasteiger partial charge in [0.1, 0.15) is 6.61 Å². The van der Waals surface area contributed by atoms with Gasteiger partial charge in [-0.05, 0) is 32.9 Å². The molecule has 1 N–H and O–H groups in total. The van der Waals surface area contributed by atoms with Crippen LogP contribution in [-0.2, 0) is 18.4 Å². The van der Waals surface area contributed by atoms with Crippen LogP contribution >= 0.6 is 23.1 Å². The highest BCUT2D eigenvalue weighted by Gasteiger charge is 2.20. The molecule has 3 aromatic rings. The highest BCUT2D eigenvalue weighted by atomic mass is 32.2. The van der Waals surface area contributed by atoms with Crippen molar-refractivity contribution in [3.05, 3.63) is 40.7 Å². The van der Waals surface area contributed by atoms with E-state index in [1.165, 1.54) is 23.1 Å². The number of nitrogens with zero attached hydrogens (tertiary/aromatic N) is 4. The minimum Gasteiger partial charge on any atom is -0.493 e. The summed E-state index contributed by atoms with van der Waals surface area (Å²) < 4.78 is 12.9. The van der Waals surface area contributed by atoms with Crippen LogP contribution in [0.5, 0.6) is 11.5 Å². The predicted molar refractivity (Wildman–Crippen MR) is 114 cm³/mol. The molecular formula is C19H23N5O3S2. The number of aryl methyl sites for hydroxylation is 2. The number of nitrogens with one attached hydrogen (secondary N) is 1. The van der Waals surface area contributed by atoms with Gasteiger partial charge in [-0.2, -0.15) is 0 Å². The monoisotopic (exact) mass is 433 g/mol. The summed E-state index contributed by atoms with van der Waals surface area (Å²) in [4.78, 5) is 17.9. The highest BCUT2D eigenvalue weighted by molar-refractivity contribution is 8.00. The van der Waals surface area contributed by atoms with Crippen LogP contribution in [0.3, 0.4) is 0 Å². The fourth-order valence-electron chi connectivity index (χ4n) is 2.40. The Morgan fingerprint density at radius 3 is 2.66 bits per heavy atom. The van der Waals surface area contributed by atoms with Crippen molar-refractivity contribution in [2.24, 2.45) is 7.05 Å². The third-order valence-corrected chi connectivity index (χ3v) is 6.38. The Morgan fingerprint density at radius 2 is 2.00 bits per heavy atom. The first kappa shape index (κ1) is 21.1. The lowest BCUT2D eigenvalue weighted by atomic mass is 10.3. The third-order valence-electron chi connectivity index (χ3n) is 4.26. The van der Waals surface area contributed by atoms with Gasteiger partial charge in [-0.3, -0.25) is 4.79 Å². The maximum absolute atomic E-state index is 12.5. The highest BCUT2D eigenvalue weighted by Crippen LogP contribution is 2.28. The predicted octanol–water partition coefficient (Wildman–Crippen LogP) is 3.60. The van der Waals surface area contributed by atoms with Gasteiger partial charge in [0.2, 0.25) is 5.91 Å². The average Bonchev–Trinajstić information content (AvgIpc) is 3.21. The number of amides is 1. The van der Waals surface area contributed by atoms with Crippen molar-refractivity contribution in [1.29, 1.82) is 0 Å². The SMILES string of the molecule is COc1ccccc1OCc1nnc(S[C@H](C)C(=O)Nc2nc(C)c(C)s2)n1C. The van der Waals surface area contributed by atoms with Gasteiger partial charge >= 0.3 is 0 Å². The van der Waals surface area contributed by atoms with E-state index in [-0.39, 0.29) is 17.8 Å². The Balaban J connectivity index is 1.60. The molecule has 0 aliphatic carbocycles. The normalized spacial score (nSPS) is 11.9. The molecule has 2 heterocycles. The van der Waals surface area contributed by atoms with Gasteiger partial charge in [-0.1, -0.05) is 23.9 Å². The van der Waals surface area contributed by atoms with Crippen molar-refractivity contribution >= 4 is 34.1 Å². The zero-order chi connectivity index (χ0) is 21.0. The number of ether oxygens (including phenoxy) is 2. The number of anilines is 1. The molecule has 0 unspecified atom stereocenters. The zero-order valence-corrected chi connectivity index (χ0v) is 18.6. The number of hydrogen-bond acceptors (Lipinski definition) is 8. The smallest absolute Gasteiger partial charge is 0.239 e. The molecule has 0 aliphatic rings. The van der Waals surface area contributed by atoms with Crippen LogP contribution in [0.25, 0.3) is 0 Å². The summed E-state index contributed by atoms with van der Waals surface area (Å²) in [6.45, 7) is 5.97. The van der Waals surface area contributed by atoms with Crippen molar-refractivity contribution in [3.8, 4) is 11.5 Å². The second kappa shape index (κ2) is 9.27. The molecule has 0 saturated heterocycles. The molecule has 1 aromatic carbocycles. The number of thiazole rings is 1. The summed E-state index contributed by atoms with van der Waals surface area (Å²) >= 11 is 2.80. The van der Waals surface area contributed by atoms with E-state index >= 15 is 0 Å². The van der Waals surface area contributed by atoms with E-state index in [1.54, 1.807) is 7.11 Å². The van der Waals surface area contributed by atoms with Crippen LogP contribution in [-0.4, -0.2) is 38.0 Å². The first-order chi connectivity index (χ1) is 13.9. The topological polar surface area (TPSA) is 91.2 Å². The maximum atomic E-state index is 12.5. The molecule has 0 spiro atoms. The Hall–Kier alpha value is -2.59. The fraction of sp³-hybridized carbons (Fsp3) is 0.368. The largest absolute Gasteiger partial charge is 0.493 e. The van der Waals surface area contributed by atoms with Gasteiger partial charge in [0.25, 0.3) is 0 Å². The molecule has 0 saturated carbocycles. The van der Waals surface area contributed by atoms with Crippen LogP contribution in [0.2, 0.25) is 0 Å². The van der Waals surface area contributed by atoms with Gasteiger partial charge in [-0.15, -0.1) is 21.5 Å². The van der Waals surface area contributed by atoms with Crippen LogP contribution in [0, 0.1) is 13.8 Å².